The normalized spacial score (nSPS) is 11.9. The first kappa shape index (κ1) is 13.2. The first-order valence-electron chi connectivity index (χ1n) is 4.45. The molecule has 6 heteroatoms. The fraction of sp³-hybridized carbons (Fsp3) is 0.750. The van der Waals surface area contributed by atoms with Crippen molar-refractivity contribution < 1.29 is 9.59 Å². The molecule has 5 nitrogen and oxygen atoms in total. The minimum Gasteiger partial charge on any atom is -0.341 e. The van der Waals surface area contributed by atoms with Gasteiger partial charge in [-0.3, -0.25) is 10.1 Å². The van der Waals surface area contributed by atoms with Gasteiger partial charge < -0.3 is 11.1 Å². The van der Waals surface area contributed by atoms with Crippen LogP contribution in [0.2, 0.25) is 0 Å². The van der Waals surface area contributed by atoms with Gasteiger partial charge in [-0.05, 0) is 6.42 Å². The second-order valence-electron chi connectivity index (χ2n) is 2.81. The molecule has 0 fully saturated rings. The number of imide groups is 1. The van der Waals surface area contributed by atoms with E-state index in [-0.39, 0.29) is 17.7 Å². The van der Waals surface area contributed by atoms with Crippen LogP contribution in [0.25, 0.3) is 0 Å². The summed E-state index contributed by atoms with van der Waals surface area (Å²) in [4.78, 5) is 21.7. The molecule has 4 N–H and O–H groups in total. The smallest absolute Gasteiger partial charge is 0.321 e. The molecule has 0 radical (unpaired) electrons. The molecule has 0 aliphatic rings. The van der Waals surface area contributed by atoms with E-state index in [0.29, 0.717) is 0 Å². The monoisotopic (exact) mass is 219 g/mol. The highest BCUT2D eigenvalue weighted by atomic mass is 32.2. The van der Waals surface area contributed by atoms with Gasteiger partial charge in [0.2, 0.25) is 5.91 Å². The van der Waals surface area contributed by atoms with E-state index in [1.165, 1.54) is 18.8 Å². The molecule has 0 aromatic rings. The van der Waals surface area contributed by atoms with Crippen LogP contribution in [0.3, 0.4) is 0 Å². The highest BCUT2D eigenvalue weighted by Crippen LogP contribution is 2.02. The third-order valence-corrected chi connectivity index (χ3v) is 2.70. The van der Waals surface area contributed by atoms with Gasteiger partial charge in [-0.1, -0.05) is 6.92 Å². The van der Waals surface area contributed by atoms with E-state index in [2.05, 4.69) is 10.6 Å². The van der Waals surface area contributed by atoms with Crippen molar-refractivity contribution in [3.63, 3.8) is 0 Å². The Kier molecular flexibility index (Phi) is 7.23. The molecule has 0 saturated heterocycles. The lowest BCUT2D eigenvalue weighted by Crippen LogP contribution is -2.38. The SMILES string of the molecule is CCC(N)CSCC(=O)NC(=O)NC. The Balaban J connectivity index is 3.49. The lowest BCUT2D eigenvalue weighted by molar-refractivity contribution is -0.117. The first-order chi connectivity index (χ1) is 6.60. The molecular formula is C8H17N3O2S. The number of thioether (sulfide) groups is 1. The van der Waals surface area contributed by atoms with E-state index in [9.17, 15) is 9.59 Å². The summed E-state index contributed by atoms with van der Waals surface area (Å²) in [6, 6.07) is -0.358. The standard InChI is InChI=1S/C8H17N3O2S/c1-3-6(9)4-14-5-7(12)11-8(13)10-2/h6H,3-5,9H2,1-2H3,(H2,10,11,12,13). The third-order valence-electron chi connectivity index (χ3n) is 1.57. The highest BCUT2D eigenvalue weighted by molar-refractivity contribution is 8.00. The van der Waals surface area contributed by atoms with Crippen LogP contribution < -0.4 is 16.4 Å². The second kappa shape index (κ2) is 7.64. The maximum absolute atomic E-state index is 11.0. The summed E-state index contributed by atoms with van der Waals surface area (Å²) in [6.45, 7) is 2.00. The fourth-order valence-corrected chi connectivity index (χ4v) is 1.56. The lowest BCUT2D eigenvalue weighted by Gasteiger charge is -2.07. The summed E-state index contributed by atoms with van der Waals surface area (Å²) in [6.07, 6.45) is 0.893. The average molecular weight is 219 g/mol. The second-order valence-corrected chi connectivity index (χ2v) is 3.84. The summed E-state index contributed by atoms with van der Waals surface area (Å²) < 4.78 is 0. The molecule has 0 heterocycles. The quantitative estimate of drug-likeness (QED) is 0.603. The zero-order valence-electron chi connectivity index (χ0n) is 8.50. The number of rotatable bonds is 5. The zero-order chi connectivity index (χ0) is 11.0. The third kappa shape index (κ3) is 6.73. The number of carbonyl (C=O) groups is 2. The van der Waals surface area contributed by atoms with Gasteiger partial charge in [0.1, 0.15) is 0 Å². The minimum atomic E-state index is -0.476. The highest BCUT2D eigenvalue weighted by Gasteiger charge is 2.06. The van der Waals surface area contributed by atoms with E-state index in [4.69, 9.17) is 5.73 Å². The molecule has 0 aliphatic heterocycles. The Hall–Kier alpha value is -0.750. The number of carbonyl (C=O) groups excluding carboxylic acids is 2. The summed E-state index contributed by atoms with van der Waals surface area (Å²) in [5.74, 6) is 0.705. The molecule has 0 aromatic carbocycles. The summed E-state index contributed by atoms with van der Waals surface area (Å²) >= 11 is 1.43. The van der Waals surface area contributed by atoms with Gasteiger partial charge in [-0.2, -0.15) is 11.8 Å². The maximum atomic E-state index is 11.0. The Labute approximate surface area is 88.2 Å². The molecule has 82 valence electrons. The summed E-state index contributed by atoms with van der Waals surface area (Å²) in [5.41, 5.74) is 5.65. The molecule has 0 spiro atoms. The van der Waals surface area contributed by atoms with Crippen LogP contribution in [-0.2, 0) is 4.79 Å². The predicted octanol–water partition coefficient (Wildman–Crippen LogP) is -0.0875. The number of nitrogens with two attached hydrogens (primary N) is 1. The largest absolute Gasteiger partial charge is 0.341 e. The number of hydrogen-bond acceptors (Lipinski definition) is 4. The van der Waals surface area contributed by atoms with E-state index in [1.54, 1.807) is 0 Å². The molecule has 3 amide bonds. The minimum absolute atomic E-state index is 0.118. The van der Waals surface area contributed by atoms with Gasteiger partial charge >= 0.3 is 6.03 Å². The van der Waals surface area contributed by atoms with Gasteiger partial charge in [-0.15, -0.1) is 0 Å². The van der Waals surface area contributed by atoms with Crippen LogP contribution in [-0.4, -0.2) is 36.5 Å². The van der Waals surface area contributed by atoms with Crippen LogP contribution >= 0.6 is 11.8 Å². The number of amides is 3. The molecule has 0 aromatic heterocycles. The van der Waals surface area contributed by atoms with Gasteiger partial charge in [0.15, 0.2) is 0 Å². The first-order valence-corrected chi connectivity index (χ1v) is 5.60. The Morgan fingerprint density at radius 3 is 2.64 bits per heavy atom. The van der Waals surface area contributed by atoms with E-state index in [1.807, 2.05) is 6.92 Å². The van der Waals surface area contributed by atoms with Crippen LogP contribution in [0.1, 0.15) is 13.3 Å². The van der Waals surface area contributed by atoms with Crippen LogP contribution in [0.5, 0.6) is 0 Å². The van der Waals surface area contributed by atoms with Crippen molar-refractivity contribution in [1.82, 2.24) is 10.6 Å². The Morgan fingerprint density at radius 1 is 1.50 bits per heavy atom. The summed E-state index contributed by atoms with van der Waals surface area (Å²) in [5, 5.41) is 4.47. The van der Waals surface area contributed by atoms with Crippen LogP contribution in [0, 0.1) is 0 Å². The lowest BCUT2D eigenvalue weighted by atomic mass is 10.3. The van der Waals surface area contributed by atoms with Crippen LogP contribution in [0.4, 0.5) is 4.79 Å². The van der Waals surface area contributed by atoms with Crippen molar-refractivity contribution in [3.8, 4) is 0 Å². The predicted molar refractivity (Wildman–Crippen MR) is 58.2 cm³/mol. The van der Waals surface area contributed by atoms with Crippen LogP contribution in [0.15, 0.2) is 0 Å². The van der Waals surface area contributed by atoms with Gasteiger partial charge in [0, 0.05) is 18.8 Å². The Morgan fingerprint density at radius 2 is 2.14 bits per heavy atom. The topological polar surface area (TPSA) is 84.2 Å². The van der Waals surface area contributed by atoms with Crippen molar-refractivity contribution in [2.75, 3.05) is 18.6 Å². The van der Waals surface area contributed by atoms with E-state index in [0.717, 1.165) is 12.2 Å². The van der Waals surface area contributed by atoms with Gasteiger partial charge in [-0.25, -0.2) is 4.79 Å². The molecule has 0 rings (SSSR count). The van der Waals surface area contributed by atoms with Gasteiger partial charge in [0.25, 0.3) is 0 Å². The molecule has 1 atom stereocenters. The molecule has 0 saturated carbocycles. The Bertz CT molecular complexity index is 199. The number of hydrogen-bond donors (Lipinski definition) is 3. The van der Waals surface area contributed by atoms with E-state index < -0.39 is 6.03 Å². The van der Waals surface area contributed by atoms with Crippen molar-refractivity contribution in [2.24, 2.45) is 5.73 Å². The molecular weight excluding hydrogens is 202 g/mol. The molecule has 1 unspecified atom stereocenters. The molecule has 0 bridgehead atoms. The zero-order valence-corrected chi connectivity index (χ0v) is 9.32. The van der Waals surface area contributed by atoms with Crippen molar-refractivity contribution in [1.29, 1.82) is 0 Å². The number of nitrogens with one attached hydrogen (secondary N) is 2. The molecule has 0 aliphatic carbocycles. The van der Waals surface area contributed by atoms with Crippen molar-refractivity contribution >= 4 is 23.7 Å². The van der Waals surface area contributed by atoms with Crippen molar-refractivity contribution in [2.45, 2.75) is 19.4 Å². The average Bonchev–Trinajstić information content (AvgIpc) is 2.17. The van der Waals surface area contributed by atoms with Crippen molar-refractivity contribution in [3.05, 3.63) is 0 Å². The maximum Gasteiger partial charge on any atom is 0.321 e. The summed E-state index contributed by atoms with van der Waals surface area (Å²) in [7, 11) is 1.46. The molecule has 14 heavy (non-hydrogen) atoms. The van der Waals surface area contributed by atoms with E-state index >= 15 is 0 Å². The van der Waals surface area contributed by atoms with Gasteiger partial charge in [0.05, 0.1) is 5.75 Å². The fourth-order valence-electron chi connectivity index (χ4n) is 0.646. The number of urea groups is 1.